The van der Waals surface area contributed by atoms with E-state index in [4.69, 9.17) is 11.6 Å². The fourth-order valence-corrected chi connectivity index (χ4v) is 3.70. The molecule has 0 saturated carbocycles. The van der Waals surface area contributed by atoms with Crippen LogP contribution >= 0.6 is 11.6 Å². The van der Waals surface area contributed by atoms with Gasteiger partial charge in [0, 0.05) is 36.1 Å². The molecular formula is C21H21ClF2N4. The van der Waals surface area contributed by atoms with Crippen molar-refractivity contribution in [2.45, 2.75) is 31.9 Å². The van der Waals surface area contributed by atoms with Gasteiger partial charge >= 0.3 is 0 Å². The zero-order valence-corrected chi connectivity index (χ0v) is 16.0. The van der Waals surface area contributed by atoms with Crippen LogP contribution in [0.25, 0.3) is 10.9 Å². The lowest BCUT2D eigenvalue weighted by Gasteiger charge is -2.32. The molecule has 0 aliphatic carbocycles. The summed E-state index contributed by atoms with van der Waals surface area (Å²) in [5.74, 6) is 0.0680. The van der Waals surface area contributed by atoms with Crippen molar-refractivity contribution in [3.63, 3.8) is 0 Å². The predicted octanol–water partition coefficient (Wildman–Crippen LogP) is 5.30. The molecule has 0 atom stereocenters. The van der Waals surface area contributed by atoms with Crippen LogP contribution in [0.2, 0.25) is 5.02 Å². The quantitative estimate of drug-likeness (QED) is 0.629. The largest absolute Gasteiger partial charge is 0.367 e. The fourth-order valence-electron chi connectivity index (χ4n) is 3.58. The number of benzene rings is 2. The number of alkyl halides is 2. The molecule has 0 amide bonds. The Kier molecular flexibility index (Phi) is 5.69. The average Bonchev–Trinajstić information content (AvgIpc) is 2.71. The molecule has 1 aromatic heterocycles. The minimum atomic E-state index is -2.69. The van der Waals surface area contributed by atoms with Gasteiger partial charge in [0.2, 0.25) is 0 Å². The number of likely N-dealkylation sites (tertiary alicyclic amines) is 1. The standard InChI is InChI=1S/C21H21ClF2N4/c22-15-7-5-14(6-8-15)13-28-11-9-16(10-12-28)25-20-17-3-1-2-4-18(17)26-21(27-20)19(23)24/h1-8,16,19H,9-13H2,(H,25,26,27). The Labute approximate surface area is 167 Å². The molecule has 4 nitrogen and oxygen atoms in total. The molecule has 0 unspecified atom stereocenters. The van der Waals surface area contributed by atoms with E-state index < -0.39 is 12.2 Å². The van der Waals surface area contributed by atoms with Crippen LogP contribution in [0.5, 0.6) is 0 Å². The summed E-state index contributed by atoms with van der Waals surface area (Å²) in [5, 5.41) is 4.90. The van der Waals surface area contributed by atoms with Gasteiger partial charge < -0.3 is 5.32 Å². The number of nitrogens with zero attached hydrogens (tertiary/aromatic N) is 3. The van der Waals surface area contributed by atoms with Crippen molar-refractivity contribution in [1.82, 2.24) is 14.9 Å². The number of hydrogen-bond donors (Lipinski definition) is 1. The third-order valence-electron chi connectivity index (χ3n) is 5.06. The van der Waals surface area contributed by atoms with Crippen molar-refractivity contribution in [1.29, 1.82) is 0 Å². The number of para-hydroxylation sites is 1. The molecular weight excluding hydrogens is 382 g/mol. The molecule has 146 valence electrons. The Balaban J connectivity index is 1.42. The minimum Gasteiger partial charge on any atom is -0.367 e. The second kappa shape index (κ2) is 8.37. The highest BCUT2D eigenvalue weighted by Crippen LogP contribution is 2.26. The highest BCUT2D eigenvalue weighted by Gasteiger charge is 2.22. The zero-order chi connectivity index (χ0) is 19.5. The van der Waals surface area contributed by atoms with E-state index in [1.165, 1.54) is 5.56 Å². The first-order chi connectivity index (χ1) is 13.6. The maximum Gasteiger partial charge on any atom is 0.297 e. The Morgan fingerprint density at radius 1 is 1.04 bits per heavy atom. The fraction of sp³-hybridized carbons (Fsp3) is 0.333. The smallest absolute Gasteiger partial charge is 0.297 e. The second-order valence-electron chi connectivity index (χ2n) is 7.07. The Morgan fingerprint density at radius 2 is 1.75 bits per heavy atom. The molecule has 1 N–H and O–H groups in total. The topological polar surface area (TPSA) is 41.1 Å². The van der Waals surface area contributed by atoms with Crippen molar-refractivity contribution >= 4 is 28.3 Å². The molecule has 1 aliphatic heterocycles. The lowest BCUT2D eigenvalue weighted by Crippen LogP contribution is -2.38. The van der Waals surface area contributed by atoms with Crippen molar-refractivity contribution in [2.75, 3.05) is 18.4 Å². The number of fused-ring (bicyclic) bond motifs is 1. The summed E-state index contributed by atoms with van der Waals surface area (Å²) < 4.78 is 26.3. The van der Waals surface area contributed by atoms with Gasteiger partial charge in [-0.2, -0.15) is 0 Å². The lowest BCUT2D eigenvalue weighted by molar-refractivity contribution is 0.141. The van der Waals surface area contributed by atoms with E-state index in [0.717, 1.165) is 42.9 Å². The molecule has 4 rings (SSSR count). The van der Waals surface area contributed by atoms with Gasteiger partial charge in [-0.15, -0.1) is 0 Å². The zero-order valence-electron chi connectivity index (χ0n) is 15.3. The minimum absolute atomic E-state index is 0.199. The average molecular weight is 403 g/mol. The first kappa shape index (κ1) is 19.0. The first-order valence-corrected chi connectivity index (χ1v) is 9.74. The molecule has 0 bridgehead atoms. The summed E-state index contributed by atoms with van der Waals surface area (Å²) in [7, 11) is 0. The number of hydrogen-bond acceptors (Lipinski definition) is 4. The Bertz CT molecular complexity index is 941. The summed E-state index contributed by atoms with van der Waals surface area (Å²) in [6.07, 6.45) is -0.835. The lowest BCUT2D eigenvalue weighted by atomic mass is 10.0. The normalized spacial score (nSPS) is 16.0. The van der Waals surface area contributed by atoms with Crippen LogP contribution in [0.15, 0.2) is 48.5 Å². The highest BCUT2D eigenvalue weighted by atomic mass is 35.5. The molecule has 2 aromatic carbocycles. The number of rotatable bonds is 5. The summed E-state index contributed by atoms with van der Waals surface area (Å²) in [6, 6.07) is 15.4. The van der Waals surface area contributed by atoms with Crippen molar-refractivity contribution in [2.24, 2.45) is 0 Å². The molecule has 2 heterocycles. The number of anilines is 1. The van der Waals surface area contributed by atoms with Crippen molar-refractivity contribution in [3.05, 3.63) is 64.9 Å². The molecule has 28 heavy (non-hydrogen) atoms. The maximum absolute atomic E-state index is 13.2. The maximum atomic E-state index is 13.2. The van der Waals surface area contributed by atoms with Gasteiger partial charge in [0.1, 0.15) is 5.82 Å². The second-order valence-corrected chi connectivity index (χ2v) is 7.51. The van der Waals surface area contributed by atoms with Gasteiger partial charge in [-0.25, -0.2) is 18.7 Å². The van der Waals surface area contributed by atoms with Crippen LogP contribution in [0, 0.1) is 0 Å². The van der Waals surface area contributed by atoms with Gasteiger partial charge in [-0.3, -0.25) is 4.90 Å². The van der Waals surface area contributed by atoms with Crippen LogP contribution < -0.4 is 5.32 Å². The monoisotopic (exact) mass is 402 g/mol. The van der Waals surface area contributed by atoms with Gasteiger partial charge in [-0.1, -0.05) is 35.9 Å². The first-order valence-electron chi connectivity index (χ1n) is 9.36. The molecule has 1 saturated heterocycles. The summed E-state index contributed by atoms with van der Waals surface area (Å²) in [5.41, 5.74) is 1.77. The molecule has 0 spiro atoms. The summed E-state index contributed by atoms with van der Waals surface area (Å²) >= 11 is 5.94. The SMILES string of the molecule is FC(F)c1nc(NC2CCN(Cc3ccc(Cl)cc3)CC2)c2ccccc2n1. The Morgan fingerprint density at radius 3 is 2.46 bits per heavy atom. The summed E-state index contributed by atoms with van der Waals surface area (Å²) in [6.45, 7) is 2.76. The third-order valence-corrected chi connectivity index (χ3v) is 5.32. The van der Waals surface area contributed by atoms with E-state index in [1.54, 1.807) is 12.1 Å². The van der Waals surface area contributed by atoms with Gasteiger partial charge in [0.15, 0.2) is 5.82 Å². The Hall–Kier alpha value is -2.31. The molecule has 1 fully saturated rings. The van der Waals surface area contributed by atoms with E-state index in [-0.39, 0.29) is 6.04 Å². The summed E-state index contributed by atoms with van der Waals surface area (Å²) in [4.78, 5) is 10.5. The van der Waals surface area contributed by atoms with Crippen LogP contribution in [0.4, 0.5) is 14.6 Å². The van der Waals surface area contributed by atoms with Gasteiger partial charge in [0.25, 0.3) is 6.43 Å². The van der Waals surface area contributed by atoms with Crippen LogP contribution in [0.1, 0.15) is 30.7 Å². The van der Waals surface area contributed by atoms with Crippen LogP contribution in [-0.2, 0) is 6.54 Å². The van der Waals surface area contributed by atoms with E-state index in [9.17, 15) is 8.78 Å². The van der Waals surface area contributed by atoms with E-state index in [0.29, 0.717) is 11.3 Å². The highest BCUT2D eigenvalue weighted by molar-refractivity contribution is 6.30. The number of aromatic nitrogens is 2. The number of halogens is 3. The van der Waals surface area contributed by atoms with Crippen LogP contribution in [0.3, 0.4) is 0 Å². The third kappa shape index (κ3) is 4.39. The molecule has 3 aromatic rings. The van der Waals surface area contributed by atoms with Crippen LogP contribution in [-0.4, -0.2) is 34.0 Å². The molecule has 7 heteroatoms. The number of piperidine rings is 1. The van der Waals surface area contributed by atoms with Crippen molar-refractivity contribution in [3.8, 4) is 0 Å². The van der Waals surface area contributed by atoms with E-state index in [1.807, 2.05) is 36.4 Å². The van der Waals surface area contributed by atoms with E-state index in [2.05, 4.69) is 20.2 Å². The molecule has 0 radical (unpaired) electrons. The van der Waals surface area contributed by atoms with Gasteiger partial charge in [0.05, 0.1) is 5.52 Å². The van der Waals surface area contributed by atoms with Gasteiger partial charge in [-0.05, 0) is 42.7 Å². The van der Waals surface area contributed by atoms with Crippen molar-refractivity contribution < 1.29 is 8.78 Å². The number of nitrogens with one attached hydrogen (secondary N) is 1. The van der Waals surface area contributed by atoms with E-state index >= 15 is 0 Å². The predicted molar refractivity (Wildman–Crippen MR) is 108 cm³/mol. The molecule has 1 aliphatic rings.